The zero-order valence-electron chi connectivity index (χ0n) is 34.2. The van der Waals surface area contributed by atoms with Gasteiger partial charge in [-0.3, -0.25) is 24.1 Å². The Labute approximate surface area is 339 Å². The number of piperazine rings is 1. The van der Waals surface area contributed by atoms with E-state index in [-0.39, 0.29) is 40.8 Å². The van der Waals surface area contributed by atoms with Crippen LogP contribution in [0.15, 0.2) is 47.3 Å². The zero-order chi connectivity index (χ0) is 41.0. The lowest BCUT2D eigenvalue weighted by atomic mass is 9.73. The molecule has 58 heavy (non-hydrogen) atoms. The van der Waals surface area contributed by atoms with Crippen molar-refractivity contribution in [1.82, 2.24) is 35.1 Å². The van der Waals surface area contributed by atoms with Crippen molar-refractivity contribution in [3.8, 4) is 0 Å². The highest BCUT2D eigenvalue weighted by atomic mass is 19.1. The molecule has 0 radical (unpaired) electrons. The lowest BCUT2D eigenvalue weighted by Gasteiger charge is -2.49. The molecule has 14 heteroatoms. The number of benzene rings is 2. The van der Waals surface area contributed by atoms with Crippen LogP contribution in [0, 0.1) is 17.2 Å². The molecule has 1 aromatic heterocycles. The van der Waals surface area contributed by atoms with Crippen molar-refractivity contribution in [3.05, 3.63) is 75.5 Å². The Bertz CT molecular complexity index is 2050. The van der Waals surface area contributed by atoms with E-state index in [1.807, 2.05) is 37.8 Å². The molecule has 1 saturated carbocycles. The summed E-state index contributed by atoms with van der Waals surface area (Å²) in [7, 11) is 0. The number of H-pyrrole nitrogens is 1. The minimum absolute atomic E-state index is 0.000575. The first-order valence-corrected chi connectivity index (χ1v) is 21.1. The average Bonchev–Trinajstić information content (AvgIpc) is 3.21. The second-order valence-corrected chi connectivity index (χ2v) is 17.9. The molecular formula is C44H58FN7O6. The van der Waals surface area contributed by atoms with Crippen molar-refractivity contribution in [2.75, 3.05) is 58.9 Å². The van der Waals surface area contributed by atoms with E-state index in [2.05, 4.69) is 20.4 Å². The molecule has 2 atom stereocenters. The van der Waals surface area contributed by atoms with Crippen LogP contribution in [0.25, 0.3) is 10.8 Å². The maximum absolute atomic E-state index is 15.1. The highest BCUT2D eigenvalue weighted by Crippen LogP contribution is 2.39. The number of amides is 4. The van der Waals surface area contributed by atoms with E-state index in [1.54, 1.807) is 34.1 Å². The van der Waals surface area contributed by atoms with E-state index < -0.39 is 29.5 Å². The number of rotatable bonds is 8. The van der Waals surface area contributed by atoms with Gasteiger partial charge in [-0.1, -0.05) is 43.5 Å². The molecule has 3 aromatic rings. The van der Waals surface area contributed by atoms with Gasteiger partial charge in [0.25, 0.3) is 11.5 Å². The zero-order valence-corrected chi connectivity index (χ0v) is 34.2. The molecular weight excluding hydrogens is 742 g/mol. The molecule has 4 fully saturated rings. The number of aromatic amines is 1. The first-order chi connectivity index (χ1) is 27.8. The SMILES string of the molecule is CC(C)(C)OC(=O)N[C@@H](C(=O)N1CCCC2(CCCN(CC(=O)N3CCN(C(=O)c4cc(Cc5n[nH]c(=O)c6ccccc56)ccc4F)CC3)C2)C1)C1CCCCC1. The minimum atomic E-state index is -0.664. The van der Waals surface area contributed by atoms with Gasteiger partial charge in [-0.15, -0.1) is 0 Å². The Morgan fingerprint density at radius 1 is 0.879 bits per heavy atom. The van der Waals surface area contributed by atoms with Crippen LogP contribution in [-0.2, 0) is 20.7 Å². The third kappa shape index (κ3) is 9.70. The minimum Gasteiger partial charge on any atom is -0.444 e. The molecule has 3 aliphatic heterocycles. The summed E-state index contributed by atoms with van der Waals surface area (Å²) in [5, 5.41) is 10.9. The Balaban J connectivity index is 0.935. The van der Waals surface area contributed by atoms with Crippen LogP contribution in [0.2, 0.25) is 0 Å². The first-order valence-electron chi connectivity index (χ1n) is 21.1. The topological polar surface area (TPSA) is 148 Å². The number of hydrogen-bond donors (Lipinski definition) is 2. The fourth-order valence-corrected chi connectivity index (χ4v) is 9.62. The maximum atomic E-state index is 15.1. The molecule has 1 aliphatic carbocycles. The molecule has 2 N–H and O–H groups in total. The number of nitrogens with zero attached hydrogens (tertiary/aromatic N) is 5. The van der Waals surface area contributed by atoms with E-state index in [4.69, 9.17) is 4.74 Å². The summed E-state index contributed by atoms with van der Waals surface area (Å²) in [4.78, 5) is 74.3. The smallest absolute Gasteiger partial charge is 0.408 e. The number of carbonyl (C=O) groups is 4. The van der Waals surface area contributed by atoms with Crippen LogP contribution < -0.4 is 10.9 Å². The summed E-state index contributed by atoms with van der Waals surface area (Å²) in [6, 6.07) is 11.0. The van der Waals surface area contributed by atoms with Gasteiger partial charge in [0.1, 0.15) is 17.5 Å². The summed E-state index contributed by atoms with van der Waals surface area (Å²) in [6.45, 7) is 9.79. The molecule has 312 valence electrons. The predicted octanol–water partition coefficient (Wildman–Crippen LogP) is 5.12. The van der Waals surface area contributed by atoms with Crippen LogP contribution in [0.3, 0.4) is 0 Å². The van der Waals surface area contributed by atoms with Crippen molar-refractivity contribution in [1.29, 1.82) is 0 Å². The van der Waals surface area contributed by atoms with Crippen LogP contribution in [-0.4, -0.2) is 124 Å². The second-order valence-electron chi connectivity index (χ2n) is 17.9. The Morgan fingerprint density at radius 2 is 1.57 bits per heavy atom. The van der Waals surface area contributed by atoms with E-state index in [0.29, 0.717) is 74.3 Å². The Kier molecular flexibility index (Phi) is 12.5. The third-order valence-corrected chi connectivity index (χ3v) is 12.5. The normalized spacial score (nSPS) is 21.6. The largest absolute Gasteiger partial charge is 0.444 e. The number of ether oxygens (including phenoxy) is 1. The number of fused-ring (bicyclic) bond motifs is 1. The van der Waals surface area contributed by atoms with Crippen LogP contribution >= 0.6 is 0 Å². The number of halogens is 1. The van der Waals surface area contributed by atoms with E-state index in [1.165, 1.54) is 6.07 Å². The lowest BCUT2D eigenvalue weighted by molar-refractivity contribution is -0.141. The van der Waals surface area contributed by atoms with Crippen molar-refractivity contribution < 1.29 is 28.3 Å². The molecule has 7 rings (SSSR count). The molecule has 2 aromatic carbocycles. The standard InChI is InChI=1S/C44H58FN7O6/c1-43(2,3)58-42(57)46-38(31-11-5-4-6-12-31)41(56)52-20-10-18-44(29-52)17-9-19-49(28-44)27-37(53)50-21-23-51(24-22-50)40(55)34-25-30(15-16-35(34)45)26-36-32-13-7-8-14-33(32)39(54)48-47-36/h7-8,13-16,25,31,38H,4-6,9-12,17-24,26-29H2,1-3H3,(H,46,57)(H,48,54)/t38-,44?/m1/s1. The number of piperidine rings is 2. The van der Waals surface area contributed by atoms with Gasteiger partial charge < -0.3 is 24.8 Å². The van der Waals surface area contributed by atoms with E-state index in [0.717, 1.165) is 64.3 Å². The number of likely N-dealkylation sites (tertiary alicyclic amines) is 2. The summed E-state index contributed by atoms with van der Waals surface area (Å²) < 4.78 is 20.7. The fourth-order valence-electron chi connectivity index (χ4n) is 9.62. The fraction of sp³-hybridized carbons (Fsp3) is 0.591. The highest BCUT2D eigenvalue weighted by molar-refractivity contribution is 5.95. The van der Waals surface area contributed by atoms with E-state index in [9.17, 15) is 24.0 Å². The average molecular weight is 800 g/mol. The molecule has 4 heterocycles. The first kappa shape index (κ1) is 41.3. The van der Waals surface area contributed by atoms with E-state index >= 15 is 4.39 Å². The number of nitrogens with one attached hydrogen (secondary N) is 2. The summed E-state index contributed by atoms with van der Waals surface area (Å²) >= 11 is 0. The van der Waals surface area contributed by atoms with Crippen LogP contribution in [0.1, 0.15) is 100 Å². The van der Waals surface area contributed by atoms with Crippen molar-refractivity contribution in [3.63, 3.8) is 0 Å². The van der Waals surface area contributed by atoms with Crippen LogP contribution in [0.5, 0.6) is 0 Å². The molecule has 4 aliphatic rings. The predicted molar refractivity (Wildman–Crippen MR) is 218 cm³/mol. The van der Waals surface area contributed by atoms with Crippen molar-refractivity contribution >= 4 is 34.6 Å². The van der Waals surface area contributed by atoms with Gasteiger partial charge in [0.15, 0.2) is 0 Å². The van der Waals surface area contributed by atoms with Gasteiger partial charge >= 0.3 is 6.09 Å². The maximum Gasteiger partial charge on any atom is 0.408 e. The molecule has 3 saturated heterocycles. The Morgan fingerprint density at radius 3 is 2.29 bits per heavy atom. The monoisotopic (exact) mass is 799 g/mol. The number of aromatic nitrogens is 2. The summed E-state index contributed by atoms with van der Waals surface area (Å²) in [5.41, 5.74) is 0.205. The van der Waals surface area contributed by atoms with Gasteiger partial charge in [0.05, 0.1) is 23.2 Å². The molecule has 0 bridgehead atoms. The van der Waals surface area contributed by atoms with Gasteiger partial charge in [0, 0.05) is 63.0 Å². The molecule has 1 unspecified atom stereocenters. The lowest BCUT2D eigenvalue weighted by Crippen LogP contribution is -2.59. The van der Waals surface area contributed by atoms with Gasteiger partial charge in [-0.05, 0) is 95.5 Å². The van der Waals surface area contributed by atoms with Crippen molar-refractivity contribution in [2.24, 2.45) is 11.3 Å². The summed E-state index contributed by atoms with van der Waals surface area (Å²) in [6.07, 6.45) is 8.56. The van der Waals surface area contributed by atoms with Gasteiger partial charge in [-0.2, -0.15) is 5.10 Å². The second kappa shape index (κ2) is 17.6. The third-order valence-electron chi connectivity index (χ3n) is 12.5. The molecule has 4 amide bonds. The number of carbonyl (C=O) groups excluding carboxylic acids is 4. The van der Waals surface area contributed by atoms with Crippen LogP contribution in [0.4, 0.5) is 9.18 Å². The van der Waals surface area contributed by atoms with Gasteiger partial charge in [0.2, 0.25) is 11.8 Å². The summed E-state index contributed by atoms with van der Waals surface area (Å²) in [5.74, 6) is -0.979. The quantitative estimate of drug-likeness (QED) is 0.320. The number of hydrogen-bond acceptors (Lipinski definition) is 8. The molecule has 13 nitrogen and oxygen atoms in total. The Hall–Kier alpha value is -4.85. The highest BCUT2D eigenvalue weighted by Gasteiger charge is 2.44. The number of alkyl carbamates (subject to hydrolysis) is 1. The molecule has 1 spiro atoms. The van der Waals surface area contributed by atoms with Crippen molar-refractivity contribution in [2.45, 2.75) is 96.6 Å². The van der Waals surface area contributed by atoms with Gasteiger partial charge in [-0.25, -0.2) is 14.3 Å².